The summed E-state index contributed by atoms with van der Waals surface area (Å²) in [5.41, 5.74) is 0. The second kappa shape index (κ2) is 5.16. The summed E-state index contributed by atoms with van der Waals surface area (Å²) >= 11 is 0. The van der Waals surface area contributed by atoms with Crippen LogP contribution in [-0.4, -0.2) is 59.1 Å². The van der Waals surface area contributed by atoms with Crippen molar-refractivity contribution in [3.05, 3.63) is 0 Å². The van der Waals surface area contributed by atoms with Gasteiger partial charge in [-0.1, -0.05) is 0 Å². The Bertz CT molecular complexity index is 216. The average molecular weight is 243 g/mol. The number of carboxylic acids is 1. The number of piperazine rings is 3. The maximum Gasteiger partial charge on any atom is 0.322 e. The van der Waals surface area contributed by atoms with Gasteiger partial charge >= 0.3 is 5.97 Å². The molecule has 3 rings (SSSR count). The Morgan fingerprint density at radius 1 is 1.29 bits per heavy atom. The fraction of sp³-hybridized carbons (Fsp3) is 0.875. The lowest BCUT2D eigenvalue weighted by molar-refractivity contribution is -0.151. The molecule has 3 aliphatic rings. The number of hydrogen-bond acceptors (Lipinski definition) is 3. The fourth-order valence-electron chi connectivity index (χ4n) is 2.25. The van der Waals surface area contributed by atoms with E-state index in [1.807, 2.05) is 0 Å². The fourth-order valence-corrected chi connectivity index (χ4v) is 2.25. The van der Waals surface area contributed by atoms with E-state index < -0.39 is 5.97 Å². The van der Waals surface area contributed by atoms with Gasteiger partial charge in [-0.15, -0.1) is 24.8 Å². The SMILES string of the molecule is CC1CN2CCN1C(C(=O)O)C2.Cl.Cl. The second-order valence-corrected chi connectivity index (χ2v) is 3.70. The van der Waals surface area contributed by atoms with Crippen molar-refractivity contribution < 1.29 is 9.90 Å². The summed E-state index contributed by atoms with van der Waals surface area (Å²) in [6.45, 7) is 5.79. The van der Waals surface area contributed by atoms with Gasteiger partial charge in [0.2, 0.25) is 0 Å². The Morgan fingerprint density at radius 2 is 1.93 bits per heavy atom. The Kier molecular flexibility index (Phi) is 5.15. The van der Waals surface area contributed by atoms with Crippen molar-refractivity contribution in [1.82, 2.24) is 9.80 Å². The van der Waals surface area contributed by atoms with Crippen molar-refractivity contribution in [2.45, 2.75) is 19.0 Å². The highest BCUT2D eigenvalue weighted by Crippen LogP contribution is 2.20. The molecule has 0 amide bonds. The van der Waals surface area contributed by atoms with Crippen LogP contribution in [0, 0.1) is 0 Å². The van der Waals surface area contributed by atoms with E-state index in [1.165, 1.54) is 0 Å². The largest absolute Gasteiger partial charge is 0.480 e. The molecule has 3 saturated heterocycles. The quantitative estimate of drug-likeness (QED) is 0.719. The molecule has 4 atom stereocenters. The molecular weight excluding hydrogens is 227 g/mol. The molecule has 0 radical (unpaired) electrons. The summed E-state index contributed by atoms with van der Waals surface area (Å²) in [4.78, 5) is 15.2. The number of carboxylic acid groups (broad SMARTS) is 1. The molecule has 0 aromatic rings. The van der Waals surface area contributed by atoms with Gasteiger partial charge in [0.1, 0.15) is 6.04 Å². The highest BCUT2D eigenvalue weighted by atomic mass is 35.5. The lowest BCUT2D eigenvalue weighted by atomic mass is 10.0. The van der Waals surface area contributed by atoms with Crippen LogP contribution in [0.25, 0.3) is 0 Å². The third-order valence-corrected chi connectivity index (χ3v) is 2.88. The zero-order chi connectivity index (χ0) is 8.72. The van der Waals surface area contributed by atoms with Gasteiger partial charge in [0.15, 0.2) is 0 Å². The van der Waals surface area contributed by atoms with Crippen LogP contribution in [0.2, 0.25) is 0 Å². The predicted octanol–water partition coefficient (Wildman–Crippen LogP) is 0.303. The highest BCUT2D eigenvalue weighted by molar-refractivity contribution is 5.85. The van der Waals surface area contributed by atoms with Crippen LogP contribution in [0.3, 0.4) is 0 Å². The highest BCUT2D eigenvalue weighted by Gasteiger charge is 2.40. The Hall–Kier alpha value is -0.0300. The molecule has 0 saturated carbocycles. The van der Waals surface area contributed by atoms with Crippen LogP contribution in [0.15, 0.2) is 0 Å². The van der Waals surface area contributed by atoms with E-state index >= 15 is 0 Å². The van der Waals surface area contributed by atoms with Gasteiger partial charge in [-0.2, -0.15) is 0 Å². The first-order chi connectivity index (χ1) is 5.68. The molecule has 4 nitrogen and oxygen atoms in total. The lowest BCUT2D eigenvalue weighted by Crippen LogP contribution is -2.66. The zero-order valence-electron chi connectivity index (χ0n) is 8.05. The molecule has 0 aromatic heterocycles. The summed E-state index contributed by atoms with van der Waals surface area (Å²) < 4.78 is 0. The smallest absolute Gasteiger partial charge is 0.322 e. The van der Waals surface area contributed by atoms with E-state index in [1.54, 1.807) is 0 Å². The molecule has 2 bridgehead atoms. The number of fused-ring (bicyclic) bond motifs is 3. The minimum absolute atomic E-state index is 0. The average Bonchev–Trinajstić information content (AvgIpc) is 2.04. The number of halogens is 2. The number of rotatable bonds is 1. The minimum atomic E-state index is -0.675. The van der Waals surface area contributed by atoms with Crippen molar-refractivity contribution in [2.75, 3.05) is 26.2 Å². The van der Waals surface area contributed by atoms with Crippen LogP contribution in [0.4, 0.5) is 0 Å². The first-order valence-electron chi connectivity index (χ1n) is 4.39. The predicted molar refractivity (Wildman–Crippen MR) is 58.5 cm³/mol. The van der Waals surface area contributed by atoms with Crippen LogP contribution in [0.5, 0.6) is 0 Å². The van der Waals surface area contributed by atoms with E-state index in [0.29, 0.717) is 12.6 Å². The van der Waals surface area contributed by atoms with Gasteiger partial charge in [-0.3, -0.25) is 14.6 Å². The topological polar surface area (TPSA) is 43.8 Å². The summed E-state index contributed by atoms with van der Waals surface area (Å²) in [7, 11) is 0. The summed E-state index contributed by atoms with van der Waals surface area (Å²) in [6, 6.07) is 0.149. The minimum Gasteiger partial charge on any atom is -0.480 e. The van der Waals surface area contributed by atoms with Crippen LogP contribution >= 0.6 is 24.8 Å². The molecule has 0 aromatic carbocycles. The van der Waals surface area contributed by atoms with Gasteiger partial charge in [0.05, 0.1) is 0 Å². The zero-order valence-corrected chi connectivity index (χ0v) is 9.68. The molecule has 0 aliphatic carbocycles. The lowest BCUT2D eigenvalue weighted by Gasteiger charge is -2.49. The van der Waals surface area contributed by atoms with E-state index in [2.05, 4.69) is 16.7 Å². The summed E-state index contributed by atoms with van der Waals surface area (Å²) in [6.07, 6.45) is 0. The number of carbonyl (C=O) groups is 1. The first kappa shape index (κ1) is 14.0. The van der Waals surface area contributed by atoms with Crippen LogP contribution in [-0.2, 0) is 4.79 Å². The van der Waals surface area contributed by atoms with E-state index in [0.717, 1.165) is 19.6 Å². The third kappa shape index (κ3) is 2.31. The third-order valence-electron chi connectivity index (χ3n) is 2.88. The van der Waals surface area contributed by atoms with Crippen molar-refractivity contribution in [1.29, 1.82) is 0 Å². The van der Waals surface area contributed by atoms with Crippen molar-refractivity contribution >= 4 is 30.8 Å². The van der Waals surface area contributed by atoms with E-state index in [-0.39, 0.29) is 30.9 Å². The maximum absolute atomic E-state index is 10.8. The van der Waals surface area contributed by atoms with Gasteiger partial charge in [0.25, 0.3) is 0 Å². The molecule has 3 aliphatic heterocycles. The summed E-state index contributed by atoms with van der Waals surface area (Å²) in [5.74, 6) is -0.675. The molecule has 84 valence electrons. The number of nitrogens with zero attached hydrogens (tertiary/aromatic N) is 2. The number of hydrogen-bond donors (Lipinski definition) is 1. The van der Waals surface area contributed by atoms with Gasteiger partial charge < -0.3 is 5.11 Å². The summed E-state index contributed by atoms with van der Waals surface area (Å²) in [5, 5.41) is 8.91. The monoisotopic (exact) mass is 242 g/mol. The van der Waals surface area contributed by atoms with E-state index in [9.17, 15) is 4.79 Å². The normalized spacial score (nSPS) is 39.5. The van der Waals surface area contributed by atoms with E-state index in [4.69, 9.17) is 5.11 Å². The number of aliphatic carboxylic acids is 1. The molecule has 3 heterocycles. The molecule has 14 heavy (non-hydrogen) atoms. The van der Waals surface area contributed by atoms with Crippen molar-refractivity contribution in [2.24, 2.45) is 0 Å². The van der Waals surface area contributed by atoms with Crippen LogP contribution < -0.4 is 0 Å². The van der Waals surface area contributed by atoms with Crippen molar-refractivity contribution in [3.8, 4) is 0 Å². The van der Waals surface area contributed by atoms with Crippen molar-refractivity contribution in [3.63, 3.8) is 0 Å². The molecule has 4 unspecified atom stereocenters. The molecule has 0 spiro atoms. The molecule has 1 N–H and O–H groups in total. The first-order valence-corrected chi connectivity index (χ1v) is 4.39. The van der Waals surface area contributed by atoms with Gasteiger partial charge in [-0.05, 0) is 6.92 Å². The standard InChI is InChI=1S/C8H14N2O2.2ClH/c1-6-4-9-2-3-10(6)7(5-9)8(11)12;;/h6-7H,2-5H2,1H3,(H,11,12);2*1H. The Labute approximate surface area is 96.1 Å². The Morgan fingerprint density at radius 3 is 2.29 bits per heavy atom. The maximum atomic E-state index is 10.8. The van der Waals surface area contributed by atoms with Crippen LogP contribution in [0.1, 0.15) is 6.92 Å². The Balaban J connectivity index is 0.000000845. The molecular formula is C8H16Cl2N2O2. The second-order valence-electron chi connectivity index (χ2n) is 3.70. The molecule has 6 heteroatoms. The van der Waals surface area contributed by atoms with Gasteiger partial charge in [-0.25, -0.2) is 0 Å². The molecule has 3 fully saturated rings. The van der Waals surface area contributed by atoms with Gasteiger partial charge in [0, 0.05) is 32.2 Å².